The van der Waals surface area contributed by atoms with E-state index in [2.05, 4.69) is 0 Å². The summed E-state index contributed by atoms with van der Waals surface area (Å²) >= 11 is -1.85. The Morgan fingerprint density at radius 1 is 1.31 bits per heavy atom. The van der Waals surface area contributed by atoms with Gasteiger partial charge in [0.15, 0.2) is 11.1 Å². The summed E-state index contributed by atoms with van der Waals surface area (Å²) in [5.74, 6) is 0. The van der Waals surface area contributed by atoms with Crippen molar-refractivity contribution in [3.8, 4) is 0 Å². The van der Waals surface area contributed by atoms with Gasteiger partial charge in [-0.25, -0.2) is 4.21 Å². The molecule has 1 atom stereocenters. The normalized spacial score (nSPS) is 17.5. The Morgan fingerprint density at radius 2 is 2.08 bits per heavy atom. The molecule has 0 aliphatic heterocycles. The van der Waals surface area contributed by atoms with Crippen LogP contribution in [0.4, 0.5) is 0 Å². The van der Waals surface area contributed by atoms with Crippen molar-refractivity contribution in [1.82, 2.24) is 0 Å². The lowest BCUT2D eigenvalue weighted by Gasteiger charge is -2.14. The van der Waals surface area contributed by atoms with Crippen LogP contribution in [0.2, 0.25) is 0 Å². The maximum absolute atomic E-state index is 11.0. The monoisotopic (exact) mass is 194 g/mol. The topological polar surface area (TPSA) is 37.3 Å². The number of aryl methyl sites for hydroxylation is 1. The molecule has 0 saturated heterocycles. The third-order valence-electron chi connectivity index (χ3n) is 2.21. The average molecular weight is 194 g/mol. The first-order valence-corrected chi connectivity index (χ1v) is 5.29. The van der Waals surface area contributed by atoms with Gasteiger partial charge in [0, 0.05) is 0 Å². The molecule has 0 aromatic heterocycles. The highest BCUT2D eigenvalue weighted by atomic mass is 32.2. The van der Waals surface area contributed by atoms with Crippen LogP contribution in [0.25, 0.3) is 4.91 Å². The van der Waals surface area contributed by atoms with Crippen LogP contribution in [-0.2, 0) is 17.5 Å². The lowest BCUT2D eigenvalue weighted by atomic mass is 9.97. The summed E-state index contributed by atoms with van der Waals surface area (Å²) in [5.41, 5.74) is 2.09. The number of allylic oxidation sites excluding steroid dienone is 1. The van der Waals surface area contributed by atoms with Crippen LogP contribution in [-0.4, -0.2) is 8.76 Å². The van der Waals surface area contributed by atoms with Crippen molar-refractivity contribution in [3.63, 3.8) is 0 Å². The van der Waals surface area contributed by atoms with E-state index in [1.165, 1.54) is 5.56 Å². The first-order chi connectivity index (χ1) is 6.29. The summed E-state index contributed by atoms with van der Waals surface area (Å²) in [5, 5.41) is 0. The molecule has 3 heteroatoms. The molecule has 0 fully saturated rings. The van der Waals surface area contributed by atoms with Crippen LogP contribution in [0.3, 0.4) is 0 Å². The van der Waals surface area contributed by atoms with E-state index in [0.29, 0.717) is 4.91 Å². The van der Waals surface area contributed by atoms with Crippen molar-refractivity contribution in [2.24, 2.45) is 0 Å². The van der Waals surface area contributed by atoms with Crippen molar-refractivity contribution in [2.75, 3.05) is 0 Å². The fourth-order valence-electron chi connectivity index (χ4n) is 1.61. The Bertz CT molecular complexity index is 382. The Hall–Kier alpha value is -0.930. The Labute approximate surface area is 79.6 Å². The van der Waals surface area contributed by atoms with Crippen molar-refractivity contribution < 1.29 is 8.76 Å². The van der Waals surface area contributed by atoms with Gasteiger partial charge in [-0.3, -0.25) is 0 Å². The van der Waals surface area contributed by atoms with Crippen LogP contribution in [0.1, 0.15) is 17.5 Å². The second-order valence-electron chi connectivity index (χ2n) is 3.01. The molecule has 0 spiro atoms. The number of benzene rings is 1. The average Bonchev–Trinajstić information content (AvgIpc) is 2.17. The summed E-state index contributed by atoms with van der Waals surface area (Å²) in [6, 6.07) is 7.76. The third kappa shape index (κ3) is 1.57. The van der Waals surface area contributed by atoms with Gasteiger partial charge in [-0.15, -0.1) is 0 Å². The predicted molar refractivity (Wildman–Crippen MR) is 53.5 cm³/mol. The maximum atomic E-state index is 11.0. The van der Waals surface area contributed by atoms with E-state index < -0.39 is 11.1 Å². The zero-order chi connectivity index (χ0) is 9.26. The summed E-state index contributed by atoms with van der Waals surface area (Å²) in [6.07, 6.45) is 3.67. The summed E-state index contributed by atoms with van der Waals surface area (Å²) < 4.78 is 20.0. The molecule has 1 aliphatic carbocycles. The van der Waals surface area contributed by atoms with Crippen molar-refractivity contribution in [3.05, 3.63) is 41.5 Å². The summed E-state index contributed by atoms with van der Waals surface area (Å²) in [4.78, 5) is 0.557. The molecule has 1 aromatic rings. The van der Waals surface area contributed by atoms with Gasteiger partial charge in [0.25, 0.3) is 0 Å². The van der Waals surface area contributed by atoms with Gasteiger partial charge in [-0.1, -0.05) is 30.3 Å². The largest absolute Gasteiger partial charge is 0.302 e. The third-order valence-corrected chi connectivity index (χ3v) is 2.98. The quantitative estimate of drug-likeness (QED) is 0.696. The number of fused-ring (bicyclic) bond motifs is 1. The highest BCUT2D eigenvalue weighted by Crippen LogP contribution is 2.27. The molecule has 1 unspecified atom stereocenters. The molecular weight excluding hydrogens is 184 g/mol. The smallest absolute Gasteiger partial charge is 0.186 e. The van der Waals surface area contributed by atoms with Crippen LogP contribution < -0.4 is 0 Å². The standard InChI is InChI=1S/C10H10O2S/c11-13(12)10-7-3-5-8-4-1-2-6-9(8)10/h1-2,4,6-7H,3,5H2,(H,11,12). The minimum Gasteiger partial charge on any atom is -0.302 e. The van der Waals surface area contributed by atoms with Crippen LogP contribution in [0, 0.1) is 0 Å². The van der Waals surface area contributed by atoms with E-state index in [0.717, 1.165) is 18.4 Å². The van der Waals surface area contributed by atoms with E-state index in [1.807, 2.05) is 30.3 Å². The van der Waals surface area contributed by atoms with Gasteiger partial charge in [-0.2, -0.15) is 0 Å². The van der Waals surface area contributed by atoms with E-state index in [4.69, 9.17) is 4.55 Å². The number of hydrogen-bond acceptors (Lipinski definition) is 1. The molecule has 1 aliphatic rings. The molecule has 0 saturated carbocycles. The minimum atomic E-state index is -1.85. The zero-order valence-corrected chi connectivity index (χ0v) is 7.88. The van der Waals surface area contributed by atoms with Crippen molar-refractivity contribution in [2.45, 2.75) is 12.8 Å². The highest BCUT2D eigenvalue weighted by molar-refractivity contribution is 7.89. The minimum absolute atomic E-state index is 0.557. The first-order valence-electron chi connectivity index (χ1n) is 4.18. The Balaban J connectivity index is 2.53. The Morgan fingerprint density at radius 3 is 2.85 bits per heavy atom. The van der Waals surface area contributed by atoms with Gasteiger partial charge in [0.1, 0.15) is 0 Å². The van der Waals surface area contributed by atoms with E-state index in [9.17, 15) is 4.21 Å². The summed E-state index contributed by atoms with van der Waals surface area (Å²) in [7, 11) is 0. The van der Waals surface area contributed by atoms with Gasteiger partial charge < -0.3 is 4.55 Å². The van der Waals surface area contributed by atoms with E-state index in [1.54, 1.807) is 0 Å². The molecule has 1 N–H and O–H groups in total. The molecule has 68 valence electrons. The lowest BCUT2D eigenvalue weighted by molar-refractivity contribution is 0.575. The van der Waals surface area contributed by atoms with Gasteiger partial charge in [-0.05, 0) is 24.0 Å². The number of hydrogen-bond donors (Lipinski definition) is 1. The van der Waals surface area contributed by atoms with Gasteiger partial charge in [0.2, 0.25) is 0 Å². The van der Waals surface area contributed by atoms with Crippen molar-refractivity contribution >= 4 is 16.0 Å². The predicted octanol–water partition coefficient (Wildman–Crippen LogP) is 2.20. The molecule has 13 heavy (non-hydrogen) atoms. The van der Waals surface area contributed by atoms with Crippen LogP contribution in [0.5, 0.6) is 0 Å². The molecule has 0 heterocycles. The second-order valence-corrected chi connectivity index (χ2v) is 3.95. The molecular formula is C10H10O2S. The fourth-order valence-corrected chi connectivity index (χ4v) is 2.26. The lowest BCUT2D eigenvalue weighted by Crippen LogP contribution is -2.02. The molecule has 2 rings (SSSR count). The van der Waals surface area contributed by atoms with E-state index >= 15 is 0 Å². The van der Waals surface area contributed by atoms with Crippen LogP contribution >= 0.6 is 0 Å². The SMILES string of the molecule is O=S(O)C1=CCCc2ccccc21. The Kier molecular flexibility index (Phi) is 2.29. The molecule has 2 nitrogen and oxygen atoms in total. The molecule has 0 amide bonds. The molecule has 0 bridgehead atoms. The molecule has 1 aromatic carbocycles. The fraction of sp³-hybridized carbons (Fsp3) is 0.200. The molecule has 0 radical (unpaired) electrons. The zero-order valence-electron chi connectivity index (χ0n) is 7.06. The maximum Gasteiger partial charge on any atom is 0.186 e. The number of rotatable bonds is 1. The van der Waals surface area contributed by atoms with E-state index in [-0.39, 0.29) is 0 Å². The van der Waals surface area contributed by atoms with Gasteiger partial charge >= 0.3 is 0 Å². The first kappa shape index (κ1) is 8.66. The van der Waals surface area contributed by atoms with Crippen LogP contribution in [0.15, 0.2) is 30.3 Å². The second kappa shape index (κ2) is 3.44. The summed E-state index contributed by atoms with van der Waals surface area (Å²) in [6.45, 7) is 0. The highest BCUT2D eigenvalue weighted by Gasteiger charge is 2.15. The van der Waals surface area contributed by atoms with Gasteiger partial charge in [0.05, 0.1) is 4.91 Å². The van der Waals surface area contributed by atoms with Crippen molar-refractivity contribution in [1.29, 1.82) is 0 Å².